The van der Waals surface area contributed by atoms with Crippen molar-refractivity contribution >= 4 is 12.0 Å². The summed E-state index contributed by atoms with van der Waals surface area (Å²) in [6.45, 7) is 4.58. The van der Waals surface area contributed by atoms with Gasteiger partial charge in [-0.2, -0.15) is 0 Å². The fourth-order valence-corrected chi connectivity index (χ4v) is 1.06. The Morgan fingerprint density at radius 3 is 2.47 bits per heavy atom. The Morgan fingerprint density at radius 1 is 1.41 bits per heavy atom. The number of nitrogens with one attached hydrogen (secondary N) is 1. The molecule has 17 heavy (non-hydrogen) atoms. The van der Waals surface area contributed by atoms with Crippen molar-refractivity contribution in [2.24, 2.45) is 0 Å². The Hall–Kier alpha value is -1.30. The summed E-state index contributed by atoms with van der Waals surface area (Å²) in [6.07, 6.45) is 0.522. The van der Waals surface area contributed by atoms with Gasteiger partial charge >= 0.3 is 12.0 Å². The first-order valence-electron chi connectivity index (χ1n) is 5.54. The average Bonchev–Trinajstić information content (AvgIpc) is 2.25. The number of hydrogen-bond donors (Lipinski definition) is 2. The minimum absolute atomic E-state index is 0.0706. The number of carbonyl (C=O) groups excluding carboxylic acids is 1. The van der Waals surface area contributed by atoms with Gasteiger partial charge < -0.3 is 20.1 Å². The molecule has 0 unspecified atom stereocenters. The normalized spacial score (nSPS) is 11.1. The molecule has 100 valence electrons. The lowest BCUT2D eigenvalue weighted by Gasteiger charge is -2.25. The van der Waals surface area contributed by atoms with Crippen LogP contribution >= 0.6 is 0 Å². The van der Waals surface area contributed by atoms with Crippen molar-refractivity contribution in [1.82, 2.24) is 10.2 Å². The van der Waals surface area contributed by atoms with E-state index in [9.17, 15) is 9.59 Å². The Morgan fingerprint density at radius 2 is 2.00 bits per heavy atom. The highest BCUT2D eigenvalue weighted by molar-refractivity contribution is 5.74. The lowest BCUT2D eigenvalue weighted by molar-refractivity contribution is -0.137. The van der Waals surface area contributed by atoms with Crippen LogP contribution in [0.4, 0.5) is 4.79 Å². The van der Waals surface area contributed by atoms with Gasteiger partial charge in [-0.15, -0.1) is 0 Å². The molecule has 0 atom stereocenters. The summed E-state index contributed by atoms with van der Waals surface area (Å²) in [5.74, 6) is -0.848. The monoisotopic (exact) mass is 246 g/mol. The fraction of sp³-hybridized carbons (Fsp3) is 0.818. The van der Waals surface area contributed by atoms with E-state index in [-0.39, 0.29) is 12.5 Å². The number of ether oxygens (including phenoxy) is 1. The minimum atomic E-state index is -0.848. The number of carboxylic acid groups (broad SMARTS) is 1. The molecule has 0 bridgehead atoms. The molecule has 0 aliphatic heterocycles. The number of aliphatic carboxylic acids is 1. The predicted octanol–water partition coefficient (Wildman–Crippen LogP) is 0.918. The SMILES string of the molecule is COC(C)(C)CNC(=O)N(C)CCCC(=O)O. The van der Waals surface area contributed by atoms with Crippen molar-refractivity contribution in [2.75, 3.05) is 27.2 Å². The van der Waals surface area contributed by atoms with E-state index in [1.807, 2.05) is 13.8 Å². The maximum atomic E-state index is 11.6. The van der Waals surface area contributed by atoms with Crippen molar-refractivity contribution in [2.45, 2.75) is 32.3 Å². The van der Waals surface area contributed by atoms with E-state index < -0.39 is 11.6 Å². The van der Waals surface area contributed by atoms with E-state index in [1.165, 1.54) is 4.90 Å². The fourth-order valence-electron chi connectivity index (χ4n) is 1.06. The molecule has 0 saturated heterocycles. The summed E-state index contributed by atoms with van der Waals surface area (Å²) in [7, 11) is 3.22. The van der Waals surface area contributed by atoms with Gasteiger partial charge in [0.25, 0.3) is 0 Å². The van der Waals surface area contributed by atoms with Crippen LogP contribution in [0.15, 0.2) is 0 Å². The van der Waals surface area contributed by atoms with E-state index in [1.54, 1.807) is 14.2 Å². The van der Waals surface area contributed by atoms with Gasteiger partial charge in [-0.1, -0.05) is 0 Å². The summed E-state index contributed by atoms with van der Waals surface area (Å²) in [4.78, 5) is 23.4. The van der Waals surface area contributed by atoms with Crippen LogP contribution in [0.25, 0.3) is 0 Å². The van der Waals surface area contributed by atoms with Gasteiger partial charge in [0.1, 0.15) is 0 Å². The number of rotatable bonds is 7. The molecule has 0 spiro atoms. The highest BCUT2D eigenvalue weighted by Gasteiger charge is 2.18. The number of urea groups is 1. The van der Waals surface area contributed by atoms with E-state index in [0.29, 0.717) is 19.5 Å². The van der Waals surface area contributed by atoms with Crippen LogP contribution in [0, 0.1) is 0 Å². The molecular formula is C11H22N2O4. The topological polar surface area (TPSA) is 78.9 Å². The van der Waals surface area contributed by atoms with Crippen LogP contribution in [-0.4, -0.2) is 54.9 Å². The van der Waals surface area contributed by atoms with Crippen LogP contribution in [0.1, 0.15) is 26.7 Å². The smallest absolute Gasteiger partial charge is 0.317 e. The molecule has 0 aliphatic rings. The van der Waals surface area contributed by atoms with E-state index >= 15 is 0 Å². The van der Waals surface area contributed by atoms with Gasteiger partial charge in [0.15, 0.2) is 0 Å². The summed E-state index contributed by atoms with van der Waals surface area (Å²) in [5, 5.41) is 11.2. The van der Waals surface area contributed by atoms with E-state index in [2.05, 4.69) is 5.32 Å². The summed E-state index contributed by atoms with van der Waals surface area (Å²) in [6, 6.07) is -0.222. The molecule has 0 aromatic rings. The van der Waals surface area contributed by atoms with E-state index in [0.717, 1.165) is 0 Å². The van der Waals surface area contributed by atoms with Crippen LogP contribution in [0.3, 0.4) is 0 Å². The molecule has 0 rings (SSSR count). The van der Waals surface area contributed by atoms with Crippen LogP contribution in [0.5, 0.6) is 0 Å². The van der Waals surface area contributed by atoms with E-state index in [4.69, 9.17) is 9.84 Å². The minimum Gasteiger partial charge on any atom is -0.481 e. The van der Waals surface area contributed by atoms with Gasteiger partial charge in [-0.05, 0) is 20.3 Å². The molecular weight excluding hydrogens is 224 g/mol. The van der Waals surface area contributed by atoms with Gasteiger partial charge in [0.2, 0.25) is 0 Å². The van der Waals surface area contributed by atoms with Crippen LogP contribution in [0.2, 0.25) is 0 Å². The molecule has 0 heterocycles. The molecule has 6 heteroatoms. The zero-order chi connectivity index (χ0) is 13.5. The van der Waals surface area contributed by atoms with Crippen molar-refractivity contribution in [3.8, 4) is 0 Å². The Labute approximate surface area is 102 Å². The zero-order valence-electron chi connectivity index (χ0n) is 10.9. The van der Waals surface area contributed by atoms with Gasteiger partial charge in [-0.25, -0.2) is 4.79 Å². The molecule has 6 nitrogen and oxygen atoms in total. The first-order chi connectivity index (χ1) is 7.78. The predicted molar refractivity (Wildman–Crippen MR) is 64.0 cm³/mol. The third-order valence-electron chi connectivity index (χ3n) is 2.45. The molecule has 0 aliphatic carbocycles. The average molecular weight is 246 g/mol. The van der Waals surface area contributed by atoms with Crippen molar-refractivity contribution in [1.29, 1.82) is 0 Å². The second-order valence-electron chi connectivity index (χ2n) is 4.54. The van der Waals surface area contributed by atoms with Crippen LogP contribution in [-0.2, 0) is 9.53 Å². The molecule has 0 radical (unpaired) electrons. The number of amides is 2. The van der Waals surface area contributed by atoms with Gasteiger partial charge in [-0.3, -0.25) is 4.79 Å². The highest BCUT2D eigenvalue weighted by atomic mass is 16.5. The van der Waals surface area contributed by atoms with Crippen molar-refractivity contribution in [3.63, 3.8) is 0 Å². The molecule has 0 aromatic carbocycles. The lowest BCUT2D eigenvalue weighted by Crippen LogP contribution is -2.45. The second-order valence-corrected chi connectivity index (χ2v) is 4.54. The molecule has 0 saturated carbocycles. The second kappa shape index (κ2) is 7.11. The number of methoxy groups -OCH3 is 1. The molecule has 0 aromatic heterocycles. The van der Waals surface area contributed by atoms with Crippen LogP contribution < -0.4 is 5.32 Å². The summed E-state index contributed by atoms with van der Waals surface area (Å²) in [5.41, 5.74) is -0.405. The number of carboxylic acids is 1. The number of hydrogen-bond acceptors (Lipinski definition) is 3. The Kier molecular flexibility index (Phi) is 6.57. The highest BCUT2D eigenvalue weighted by Crippen LogP contribution is 2.05. The summed E-state index contributed by atoms with van der Waals surface area (Å²) >= 11 is 0. The largest absolute Gasteiger partial charge is 0.481 e. The van der Waals surface area contributed by atoms with Gasteiger partial charge in [0.05, 0.1) is 5.60 Å². The molecule has 2 N–H and O–H groups in total. The molecule has 0 fully saturated rings. The van der Waals surface area contributed by atoms with Gasteiger partial charge in [0, 0.05) is 33.7 Å². The maximum Gasteiger partial charge on any atom is 0.317 e. The Bertz CT molecular complexity index is 266. The Balaban J connectivity index is 3.86. The number of carbonyl (C=O) groups is 2. The first-order valence-corrected chi connectivity index (χ1v) is 5.54. The zero-order valence-corrected chi connectivity index (χ0v) is 10.9. The third kappa shape index (κ3) is 7.57. The summed E-state index contributed by atoms with van der Waals surface area (Å²) < 4.78 is 5.17. The maximum absolute atomic E-state index is 11.6. The lowest BCUT2D eigenvalue weighted by atomic mass is 10.1. The third-order valence-corrected chi connectivity index (χ3v) is 2.45. The molecule has 2 amide bonds. The number of nitrogens with zero attached hydrogens (tertiary/aromatic N) is 1. The first kappa shape index (κ1) is 15.7. The van der Waals surface area contributed by atoms with Crippen molar-refractivity contribution in [3.05, 3.63) is 0 Å². The quantitative estimate of drug-likeness (QED) is 0.700. The van der Waals surface area contributed by atoms with Crippen molar-refractivity contribution < 1.29 is 19.4 Å². The standard InChI is InChI=1S/C11H22N2O4/c1-11(2,17-4)8-12-10(16)13(3)7-5-6-9(14)15/h5-8H2,1-4H3,(H,12,16)(H,14,15).